The van der Waals surface area contributed by atoms with Crippen molar-refractivity contribution < 1.29 is 8.78 Å². The smallest absolute Gasteiger partial charge is 0.163 e. The van der Waals surface area contributed by atoms with Crippen LogP contribution in [0.4, 0.5) is 8.78 Å². The molecule has 2 nitrogen and oxygen atoms in total. The van der Waals surface area contributed by atoms with Gasteiger partial charge in [-0.2, -0.15) is 0 Å². The van der Waals surface area contributed by atoms with E-state index in [1.165, 1.54) is 12.5 Å². The summed E-state index contributed by atoms with van der Waals surface area (Å²) in [5.41, 5.74) is 0.464. The van der Waals surface area contributed by atoms with Crippen LogP contribution in [0, 0.1) is 17.6 Å². The lowest BCUT2D eigenvalue weighted by molar-refractivity contribution is 0.135. The van der Waals surface area contributed by atoms with E-state index in [-0.39, 0.29) is 0 Å². The van der Waals surface area contributed by atoms with E-state index in [1.54, 1.807) is 12.1 Å². The summed E-state index contributed by atoms with van der Waals surface area (Å²) < 4.78 is 27.1. The van der Waals surface area contributed by atoms with E-state index in [9.17, 15) is 8.78 Å². The van der Waals surface area contributed by atoms with Crippen molar-refractivity contribution in [1.82, 2.24) is 10.2 Å². The Balaban J connectivity index is 1.96. The van der Waals surface area contributed by atoms with Crippen molar-refractivity contribution in [2.24, 2.45) is 5.92 Å². The van der Waals surface area contributed by atoms with E-state index in [1.807, 2.05) is 0 Å². The zero-order valence-corrected chi connectivity index (χ0v) is 13.0. The second-order valence-electron chi connectivity index (χ2n) is 6.39. The molecule has 1 fully saturated rings. The van der Waals surface area contributed by atoms with E-state index in [0.29, 0.717) is 24.1 Å². The van der Waals surface area contributed by atoms with E-state index in [2.05, 4.69) is 24.1 Å². The molecule has 4 heteroatoms. The molecule has 0 saturated carbocycles. The highest BCUT2D eigenvalue weighted by molar-refractivity contribution is 5.19. The number of benzene rings is 1. The molecule has 0 amide bonds. The molecule has 1 saturated heterocycles. The average molecular weight is 296 g/mol. The molecule has 2 rings (SSSR count). The Morgan fingerprint density at radius 1 is 1.29 bits per heavy atom. The molecule has 1 aromatic rings. The molecule has 1 unspecified atom stereocenters. The number of hydrogen-bond acceptors (Lipinski definition) is 2. The lowest BCUT2D eigenvalue weighted by atomic mass is 10.0. The second kappa shape index (κ2) is 7.85. The van der Waals surface area contributed by atoms with Crippen molar-refractivity contribution in [3.8, 4) is 0 Å². The number of likely N-dealkylation sites (tertiary alicyclic amines) is 1. The van der Waals surface area contributed by atoms with Gasteiger partial charge in [-0.05, 0) is 37.9 Å². The fraction of sp³-hybridized carbons (Fsp3) is 0.647. The molecular formula is C17H26F2N2. The molecule has 1 aromatic carbocycles. The van der Waals surface area contributed by atoms with Crippen LogP contribution in [0.15, 0.2) is 18.2 Å². The molecule has 0 aliphatic carbocycles. The molecule has 0 aromatic heterocycles. The highest BCUT2D eigenvalue weighted by Gasteiger charge is 2.23. The third-order valence-electron chi connectivity index (χ3n) is 4.09. The van der Waals surface area contributed by atoms with Crippen LogP contribution >= 0.6 is 0 Å². The molecule has 1 heterocycles. The monoisotopic (exact) mass is 296 g/mol. The van der Waals surface area contributed by atoms with Gasteiger partial charge in [-0.3, -0.25) is 4.90 Å². The predicted molar refractivity (Wildman–Crippen MR) is 82.1 cm³/mol. The van der Waals surface area contributed by atoms with E-state index >= 15 is 0 Å². The van der Waals surface area contributed by atoms with Gasteiger partial charge in [-0.15, -0.1) is 0 Å². The Bertz CT molecular complexity index is 448. The predicted octanol–water partition coefficient (Wildman–Crippen LogP) is 3.56. The van der Waals surface area contributed by atoms with Crippen molar-refractivity contribution in [2.75, 3.05) is 19.6 Å². The van der Waals surface area contributed by atoms with Crippen LogP contribution in [-0.4, -0.2) is 30.6 Å². The zero-order valence-electron chi connectivity index (χ0n) is 13.0. The second-order valence-corrected chi connectivity index (χ2v) is 6.39. The Hall–Kier alpha value is -1.00. The number of hydrogen-bond donors (Lipinski definition) is 1. The summed E-state index contributed by atoms with van der Waals surface area (Å²) in [6.45, 7) is 7.76. The molecule has 1 aliphatic heterocycles. The fourth-order valence-electron chi connectivity index (χ4n) is 2.93. The van der Waals surface area contributed by atoms with E-state index in [0.717, 1.165) is 32.5 Å². The van der Waals surface area contributed by atoms with Crippen molar-refractivity contribution in [3.63, 3.8) is 0 Å². The SMILES string of the molecule is CC(C)CNCC1CCCCN1Cc1cccc(F)c1F. The lowest BCUT2D eigenvalue weighted by Crippen LogP contribution is -2.45. The van der Waals surface area contributed by atoms with Crippen LogP contribution in [-0.2, 0) is 6.54 Å². The summed E-state index contributed by atoms with van der Waals surface area (Å²) in [5, 5.41) is 3.49. The van der Waals surface area contributed by atoms with Crippen LogP contribution in [0.2, 0.25) is 0 Å². The normalized spacial score (nSPS) is 20.1. The minimum Gasteiger partial charge on any atom is -0.315 e. The van der Waals surface area contributed by atoms with Gasteiger partial charge in [-0.1, -0.05) is 32.4 Å². The molecule has 118 valence electrons. The number of piperidine rings is 1. The quantitative estimate of drug-likeness (QED) is 0.863. The highest BCUT2D eigenvalue weighted by atomic mass is 19.2. The van der Waals surface area contributed by atoms with Gasteiger partial charge in [-0.25, -0.2) is 8.78 Å². The van der Waals surface area contributed by atoms with Gasteiger partial charge in [0.15, 0.2) is 11.6 Å². The largest absolute Gasteiger partial charge is 0.315 e. The molecule has 21 heavy (non-hydrogen) atoms. The first-order chi connectivity index (χ1) is 10.1. The topological polar surface area (TPSA) is 15.3 Å². The van der Waals surface area contributed by atoms with Crippen molar-refractivity contribution in [3.05, 3.63) is 35.4 Å². The molecule has 1 N–H and O–H groups in total. The first-order valence-electron chi connectivity index (χ1n) is 7.95. The number of halogens is 2. The standard InChI is InChI=1S/C17H26F2N2/c1-13(2)10-20-11-15-7-3-4-9-21(15)12-14-6-5-8-16(18)17(14)19/h5-6,8,13,15,20H,3-4,7,9-12H2,1-2H3. The number of nitrogens with zero attached hydrogens (tertiary/aromatic N) is 1. The Labute approximate surface area is 126 Å². The van der Waals surface area contributed by atoms with Crippen LogP contribution in [0.25, 0.3) is 0 Å². The van der Waals surface area contributed by atoms with Crippen LogP contribution in [0.1, 0.15) is 38.7 Å². The Kier molecular flexibility index (Phi) is 6.12. The Morgan fingerprint density at radius 2 is 2.10 bits per heavy atom. The average Bonchev–Trinajstić information content (AvgIpc) is 2.45. The molecular weight excluding hydrogens is 270 g/mol. The summed E-state index contributed by atoms with van der Waals surface area (Å²) in [6, 6.07) is 4.87. The Morgan fingerprint density at radius 3 is 2.86 bits per heavy atom. The summed E-state index contributed by atoms with van der Waals surface area (Å²) in [7, 11) is 0. The number of rotatable bonds is 6. The van der Waals surface area contributed by atoms with Gasteiger partial charge < -0.3 is 5.32 Å². The first-order valence-corrected chi connectivity index (χ1v) is 7.95. The fourth-order valence-corrected chi connectivity index (χ4v) is 2.93. The molecule has 0 radical (unpaired) electrons. The van der Waals surface area contributed by atoms with Gasteiger partial charge in [0, 0.05) is 24.7 Å². The van der Waals surface area contributed by atoms with Gasteiger partial charge >= 0.3 is 0 Å². The maximum absolute atomic E-state index is 13.8. The maximum atomic E-state index is 13.8. The summed E-state index contributed by atoms with van der Waals surface area (Å²) in [5.74, 6) is -0.821. The molecule has 1 aliphatic rings. The zero-order chi connectivity index (χ0) is 15.2. The third-order valence-corrected chi connectivity index (χ3v) is 4.09. The number of nitrogens with one attached hydrogen (secondary N) is 1. The van der Waals surface area contributed by atoms with E-state index in [4.69, 9.17) is 0 Å². The van der Waals surface area contributed by atoms with Crippen molar-refractivity contribution >= 4 is 0 Å². The summed E-state index contributed by atoms with van der Waals surface area (Å²) in [4.78, 5) is 2.29. The summed E-state index contributed by atoms with van der Waals surface area (Å²) in [6.07, 6.45) is 3.48. The van der Waals surface area contributed by atoms with Crippen LogP contribution < -0.4 is 5.32 Å². The van der Waals surface area contributed by atoms with Crippen LogP contribution in [0.3, 0.4) is 0 Å². The van der Waals surface area contributed by atoms with Gasteiger partial charge in [0.2, 0.25) is 0 Å². The minimum atomic E-state index is -0.751. The minimum absolute atomic E-state index is 0.417. The first kappa shape index (κ1) is 16.4. The van der Waals surface area contributed by atoms with Crippen molar-refractivity contribution in [1.29, 1.82) is 0 Å². The van der Waals surface area contributed by atoms with Crippen LogP contribution in [0.5, 0.6) is 0 Å². The molecule has 0 bridgehead atoms. The maximum Gasteiger partial charge on any atom is 0.163 e. The molecule has 1 atom stereocenters. The van der Waals surface area contributed by atoms with Crippen molar-refractivity contribution in [2.45, 2.75) is 45.7 Å². The molecule has 0 spiro atoms. The highest BCUT2D eigenvalue weighted by Crippen LogP contribution is 2.21. The van der Waals surface area contributed by atoms with Gasteiger partial charge in [0.05, 0.1) is 0 Å². The van der Waals surface area contributed by atoms with Gasteiger partial charge in [0.25, 0.3) is 0 Å². The third kappa shape index (κ3) is 4.75. The summed E-state index contributed by atoms with van der Waals surface area (Å²) >= 11 is 0. The van der Waals surface area contributed by atoms with Gasteiger partial charge in [0.1, 0.15) is 0 Å². The van der Waals surface area contributed by atoms with E-state index < -0.39 is 11.6 Å². The lowest BCUT2D eigenvalue weighted by Gasteiger charge is -2.36.